The number of nitrogens with zero attached hydrogens (tertiary/aromatic N) is 3. The van der Waals surface area contributed by atoms with Crippen LogP contribution < -0.4 is 5.73 Å². The van der Waals surface area contributed by atoms with Crippen LogP contribution in [-0.4, -0.2) is 20.4 Å². The van der Waals surface area contributed by atoms with Gasteiger partial charge < -0.3 is 10.3 Å². The topological polar surface area (TPSA) is 73.8 Å². The molecule has 0 radical (unpaired) electrons. The van der Waals surface area contributed by atoms with Gasteiger partial charge in [0, 0.05) is 19.2 Å². The van der Waals surface area contributed by atoms with Gasteiger partial charge in [0.15, 0.2) is 5.65 Å². The van der Waals surface area contributed by atoms with Crippen molar-refractivity contribution in [3.8, 4) is 0 Å². The highest BCUT2D eigenvalue weighted by Gasteiger charge is 2.11. The zero-order chi connectivity index (χ0) is 13.8. The normalized spacial score (nSPS) is 11.1. The summed E-state index contributed by atoms with van der Waals surface area (Å²) in [5.74, 6) is 0.904. The van der Waals surface area contributed by atoms with Gasteiger partial charge in [-0.2, -0.15) is 0 Å². The van der Waals surface area contributed by atoms with Crippen LogP contribution in [0.3, 0.4) is 0 Å². The van der Waals surface area contributed by atoms with Gasteiger partial charge in [0.1, 0.15) is 11.3 Å². The average Bonchev–Trinajstić information content (AvgIpc) is 2.71. The van der Waals surface area contributed by atoms with E-state index < -0.39 is 0 Å². The third-order valence-electron chi connectivity index (χ3n) is 2.98. The van der Waals surface area contributed by atoms with E-state index in [2.05, 4.69) is 9.97 Å². The lowest BCUT2D eigenvalue weighted by atomic mass is 10.2. The smallest absolute Gasteiger partial charge is 0.217 e. The number of imidazole rings is 1. The van der Waals surface area contributed by atoms with Gasteiger partial charge in [0.05, 0.1) is 5.88 Å². The molecule has 0 aliphatic carbocycles. The van der Waals surface area contributed by atoms with E-state index in [0.29, 0.717) is 12.3 Å². The summed E-state index contributed by atoms with van der Waals surface area (Å²) < 4.78 is 2.02. The molecule has 0 aliphatic rings. The van der Waals surface area contributed by atoms with E-state index in [1.807, 2.05) is 23.8 Å². The minimum absolute atomic E-state index is 0.262. The lowest BCUT2D eigenvalue weighted by molar-refractivity contribution is -0.118. The fourth-order valence-electron chi connectivity index (χ4n) is 2.06. The zero-order valence-electron chi connectivity index (χ0n) is 10.9. The lowest BCUT2D eigenvalue weighted by Crippen LogP contribution is -2.10. The third kappa shape index (κ3) is 3.23. The number of halogens is 1. The number of aryl methyl sites for hydroxylation is 2. The highest BCUT2D eigenvalue weighted by Crippen LogP contribution is 2.17. The van der Waals surface area contributed by atoms with Crippen LogP contribution in [0.2, 0.25) is 0 Å². The van der Waals surface area contributed by atoms with Crippen LogP contribution in [-0.2, 0) is 17.2 Å². The Balaban J connectivity index is 2.18. The zero-order valence-corrected chi connectivity index (χ0v) is 11.7. The van der Waals surface area contributed by atoms with Crippen LogP contribution in [0.1, 0.15) is 30.7 Å². The van der Waals surface area contributed by atoms with Gasteiger partial charge in [-0.25, -0.2) is 9.97 Å². The quantitative estimate of drug-likeness (QED) is 0.651. The minimum atomic E-state index is -0.262. The van der Waals surface area contributed by atoms with Crippen LogP contribution in [0.25, 0.3) is 11.2 Å². The number of hydrogen-bond acceptors (Lipinski definition) is 3. The number of amides is 1. The van der Waals surface area contributed by atoms with Gasteiger partial charge in [-0.1, -0.05) is 0 Å². The van der Waals surface area contributed by atoms with Crippen molar-refractivity contribution in [2.45, 2.75) is 38.6 Å². The molecule has 102 valence electrons. The van der Waals surface area contributed by atoms with E-state index in [1.54, 1.807) is 0 Å². The second-order valence-corrected chi connectivity index (χ2v) is 4.86. The van der Waals surface area contributed by atoms with Crippen molar-refractivity contribution in [3.63, 3.8) is 0 Å². The van der Waals surface area contributed by atoms with Gasteiger partial charge >= 0.3 is 0 Å². The molecule has 0 saturated carbocycles. The van der Waals surface area contributed by atoms with Gasteiger partial charge in [0.2, 0.25) is 5.91 Å². The average molecular weight is 281 g/mol. The summed E-state index contributed by atoms with van der Waals surface area (Å²) in [5.41, 5.74) is 7.91. The molecule has 0 bridgehead atoms. The summed E-state index contributed by atoms with van der Waals surface area (Å²) in [5, 5.41) is 0. The monoisotopic (exact) mass is 280 g/mol. The second-order valence-electron chi connectivity index (χ2n) is 4.59. The van der Waals surface area contributed by atoms with Crippen molar-refractivity contribution in [1.29, 1.82) is 0 Å². The van der Waals surface area contributed by atoms with E-state index >= 15 is 0 Å². The highest BCUT2D eigenvalue weighted by molar-refractivity contribution is 6.16. The number of nitrogens with two attached hydrogens (primary N) is 1. The molecule has 0 fully saturated rings. The Morgan fingerprint density at radius 2 is 2.26 bits per heavy atom. The molecule has 0 unspecified atom stereocenters. The lowest BCUT2D eigenvalue weighted by Gasteiger charge is -2.06. The van der Waals surface area contributed by atoms with Crippen molar-refractivity contribution in [2.24, 2.45) is 5.73 Å². The van der Waals surface area contributed by atoms with Crippen LogP contribution in [0.15, 0.2) is 12.3 Å². The molecule has 0 aromatic carbocycles. The summed E-state index contributed by atoms with van der Waals surface area (Å²) >= 11 is 5.92. The first-order valence-corrected chi connectivity index (χ1v) is 6.81. The first kappa shape index (κ1) is 13.8. The van der Waals surface area contributed by atoms with E-state index in [9.17, 15) is 4.79 Å². The van der Waals surface area contributed by atoms with Crippen LogP contribution in [0.5, 0.6) is 0 Å². The maximum atomic E-state index is 10.7. The molecule has 0 atom stereocenters. The van der Waals surface area contributed by atoms with Crippen LogP contribution >= 0.6 is 11.6 Å². The molecule has 2 aromatic heterocycles. The fourth-order valence-corrected chi connectivity index (χ4v) is 2.27. The Hall–Kier alpha value is -1.62. The standard InChI is InChI=1S/C13H17ClN4O/c1-9-6-10-13(16-8-9)18(12(7-14)17-10)5-3-2-4-11(15)19/h6,8H,2-5,7H2,1H3,(H2,15,19). The van der Waals surface area contributed by atoms with Gasteiger partial charge in [-0.3, -0.25) is 4.79 Å². The van der Waals surface area contributed by atoms with Crippen LogP contribution in [0, 0.1) is 6.92 Å². The summed E-state index contributed by atoms with van der Waals surface area (Å²) in [6.07, 6.45) is 3.85. The maximum absolute atomic E-state index is 10.7. The van der Waals surface area contributed by atoms with E-state index in [1.165, 1.54) is 0 Å². The molecule has 6 heteroatoms. The number of alkyl halides is 1. The Morgan fingerprint density at radius 1 is 1.47 bits per heavy atom. The Kier molecular flexibility index (Phi) is 4.37. The first-order valence-electron chi connectivity index (χ1n) is 6.28. The molecule has 2 N–H and O–H groups in total. The number of carbonyl (C=O) groups is 1. The molecule has 5 nitrogen and oxygen atoms in total. The molecule has 1 amide bonds. The second kappa shape index (κ2) is 6.02. The molecule has 0 aliphatic heterocycles. The number of hydrogen-bond donors (Lipinski definition) is 1. The first-order chi connectivity index (χ1) is 9.11. The van der Waals surface area contributed by atoms with E-state index in [-0.39, 0.29) is 5.91 Å². The summed E-state index contributed by atoms with van der Waals surface area (Å²) in [6.45, 7) is 2.74. The van der Waals surface area contributed by atoms with Gasteiger partial charge in [-0.05, 0) is 31.4 Å². The van der Waals surface area contributed by atoms with Crippen LogP contribution in [0.4, 0.5) is 0 Å². The van der Waals surface area contributed by atoms with Crippen molar-refractivity contribution in [2.75, 3.05) is 0 Å². The number of pyridine rings is 1. The number of rotatable bonds is 6. The predicted octanol–water partition coefficient (Wildman–Crippen LogP) is 2.13. The number of aromatic nitrogens is 3. The van der Waals surface area contributed by atoms with Crippen molar-refractivity contribution in [1.82, 2.24) is 14.5 Å². The van der Waals surface area contributed by atoms with E-state index in [0.717, 1.165) is 41.9 Å². The Labute approximate surface area is 116 Å². The summed E-state index contributed by atoms with van der Waals surface area (Å²) in [6, 6.07) is 2.00. The predicted molar refractivity (Wildman–Crippen MR) is 74.9 cm³/mol. The molecule has 0 spiro atoms. The number of unbranched alkanes of at least 4 members (excludes halogenated alkanes) is 1. The molecular weight excluding hydrogens is 264 g/mol. The number of fused-ring (bicyclic) bond motifs is 1. The summed E-state index contributed by atoms with van der Waals surface area (Å²) in [4.78, 5) is 19.6. The number of carbonyl (C=O) groups excluding carboxylic acids is 1. The van der Waals surface area contributed by atoms with Crippen molar-refractivity contribution >= 4 is 28.7 Å². The Bertz CT molecular complexity index is 594. The largest absolute Gasteiger partial charge is 0.370 e. The van der Waals surface area contributed by atoms with E-state index in [4.69, 9.17) is 17.3 Å². The maximum Gasteiger partial charge on any atom is 0.217 e. The minimum Gasteiger partial charge on any atom is -0.370 e. The van der Waals surface area contributed by atoms with Gasteiger partial charge in [-0.15, -0.1) is 11.6 Å². The number of primary amides is 1. The third-order valence-corrected chi connectivity index (χ3v) is 3.21. The SMILES string of the molecule is Cc1cnc2c(c1)nc(CCl)n2CCCCC(N)=O. The molecule has 2 aromatic rings. The highest BCUT2D eigenvalue weighted by atomic mass is 35.5. The summed E-state index contributed by atoms with van der Waals surface area (Å²) in [7, 11) is 0. The molecule has 2 rings (SSSR count). The van der Waals surface area contributed by atoms with Gasteiger partial charge in [0.25, 0.3) is 0 Å². The fraction of sp³-hybridized carbons (Fsp3) is 0.462. The van der Waals surface area contributed by atoms with Crippen molar-refractivity contribution in [3.05, 3.63) is 23.7 Å². The molecule has 2 heterocycles. The molecular formula is C13H17ClN4O. The molecule has 19 heavy (non-hydrogen) atoms. The molecule has 0 saturated heterocycles. The van der Waals surface area contributed by atoms with Crippen molar-refractivity contribution < 1.29 is 4.79 Å². The Morgan fingerprint density at radius 3 is 2.95 bits per heavy atom.